The summed E-state index contributed by atoms with van der Waals surface area (Å²) in [6.45, 7) is 3.20. The van der Waals surface area contributed by atoms with Crippen LogP contribution < -0.4 is 5.73 Å². The Bertz CT molecular complexity index is 547. The number of hydrogen-bond acceptors (Lipinski definition) is 3. The van der Waals surface area contributed by atoms with E-state index in [4.69, 9.17) is 10.5 Å². The molecule has 1 aliphatic heterocycles. The summed E-state index contributed by atoms with van der Waals surface area (Å²) in [6, 6.07) is 8.13. The van der Waals surface area contributed by atoms with Gasteiger partial charge < -0.3 is 15.5 Å². The lowest BCUT2D eigenvalue weighted by molar-refractivity contribution is 0.0762. The maximum atomic E-state index is 5.64. The smallest absolute Gasteiger partial charge is 0.138 e. The minimum atomic E-state index is 0.0905. The van der Waals surface area contributed by atoms with Crippen molar-refractivity contribution >= 4 is 0 Å². The van der Waals surface area contributed by atoms with E-state index in [1.807, 2.05) is 25.1 Å². The normalized spacial score (nSPS) is 18.4. The molecule has 4 nitrogen and oxygen atoms in total. The van der Waals surface area contributed by atoms with Crippen LogP contribution in [-0.4, -0.2) is 9.97 Å². The number of imidazole rings is 1. The Balaban J connectivity index is 2.01. The molecule has 0 radical (unpaired) electrons. The number of aromatic amines is 1. The third-order valence-electron chi connectivity index (χ3n) is 3.11. The fraction of sp³-hybridized carbons (Fsp3) is 0.308. The molecule has 0 saturated carbocycles. The van der Waals surface area contributed by atoms with Crippen LogP contribution in [0.15, 0.2) is 24.3 Å². The summed E-state index contributed by atoms with van der Waals surface area (Å²) in [5.41, 5.74) is 9.95. The van der Waals surface area contributed by atoms with E-state index >= 15 is 0 Å². The Morgan fingerprint density at radius 2 is 2.41 bits per heavy atom. The number of aromatic nitrogens is 2. The molecule has 2 aromatic rings. The third kappa shape index (κ3) is 1.75. The second kappa shape index (κ2) is 3.98. The third-order valence-corrected chi connectivity index (χ3v) is 3.11. The molecule has 3 rings (SSSR count). The van der Waals surface area contributed by atoms with E-state index in [0.717, 1.165) is 28.3 Å². The van der Waals surface area contributed by atoms with E-state index < -0.39 is 0 Å². The summed E-state index contributed by atoms with van der Waals surface area (Å²) >= 11 is 0. The number of ether oxygens (including phenoxy) is 1. The van der Waals surface area contributed by atoms with Crippen molar-refractivity contribution in [3.8, 4) is 11.4 Å². The molecule has 1 aliphatic rings. The first-order valence-electron chi connectivity index (χ1n) is 5.77. The molecule has 0 bridgehead atoms. The number of nitrogens with one attached hydrogen (secondary N) is 1. The molecule has 0 saturated heterocycles. The first kappa shape index (κ1) is 10.5. The van der Waals surface area contributed by atoms with Crippen LogP contribution in [0.1, 0.15) is 30.0 Å². The van der Waals surface area contributed by atoms with Gasteiger partial charge in [0.05, 0.1) is 24.1 Å². The molecular formula is C13H15N3O. The number of benzene rings is 1. The molecule has 1 unspecified atom stereocenters. The number of H-pyrrole nitrogens is 1. The van der Waals surface area contributed by atoms with E-state index in [1.54, 1.807) is 0 Å². The van der Waals surface area contributed by atoms with Crippen LogP contribution in [0.5, 0.6) is 0 Å². The van der Waals surface area contributed by atoms with Gasteiger partial charge in [0.1, 0.15) is 5.82 Å². The number of rotatable bonds is 2. The van der Waals surface area contributed by atoms with Crippen LogP contribution in [0.4, 0.5) is 0 Å². The Morgan fingerprint density at radius 1 is 1.53 bits per heavy atom. The topological polar surface area (TPSA) is 63.9 Å². The van der Waals surface area contributed by atoms with Crippen LogP contribution >= 0.6 is 0 Å². The van der Waals surface area contributed by atoms with Gasteiger partial charge in [-0.15, -0.1) is 0 Å². The van der Waals surface area contributed by atoms with Crippen molar-refractivity contribution < 1.29 is 4.74 Å². The largest absolute Gasteiger partial charge is 0.366 e. The first-order valence-corrected chi connectivity index (χ1v) is 5.77. The fourth-order valence-electron chi connectivity index (χ4n) is 2.14. The van der Waals surface area contributed by atoms with Gasteiger partial charge in [-0.25, -0.2) is 4.98 Å². The summed E-state index contributed by atoms with van der Waals surface area (Å²) in [6.07, 6.45) is 0.0905. The van der Waals surface area contributed by atoms with Crippen LogP contribution in [-0.2, 0) is 17.9 Å². The lowest BCUT2D eigenvalue weighted by Gasteiger charge is -2.02. The zero-order chi connectivity index (χ0) is 11.8. The lowest BCUT2D eigenvalue weighted by atomic mass is 10.1. The Hall–Kier alpha value is -1.65. The van der Waals surface area contributed by atoms with Crippen molar-refractivity contribution in [1.29, 1.82) is 0 Å². The molecule has 88 valence electrons. The van der Waals surface area contributed by atoms with Gasteiger partial charge >= 0.3 is 0 Å². The van der Waals surface area contributed by atoms with Crippen molar-refractivity contribution in [1.82, 2.24) is 9.97 Å². The zero-order valence-corrected chi connectivity index (χ0v) is 9.73. The minimum absolute atomic E-state index is 0.0905. The van der Waals surface area contributed by atoms with Crippen molar-refractivity contribution in [2.45, 2.75) is 26.2 Å². The average Bonchev–Trinajstić information content (AvgIpc) is 2.92. The van der Waals surface area contributed by atoms with E-state index in [0.29, 0.717) is 13.2 Å². The predicted octanol–water partition coefficient (Wildman–Crippen LogP) is 2.13. The Morgan fingerprint density at radius 3 is 3.18 bits per heavy atom. The van der Waals surface area contributed by atoms with Gasteiger partial charge in [-0.2, -0.15) is 0 Å². The zero-order valence-electron chi connectivity index (χ0n) is 9.73. The fourth-order valence-corrected chi connectivity index (χ4v) is 2.14. The summed E-state index contributed by atoms with van der Waals surface area (Å²) in [5, 5.41) is 0. The van der Waals surface area contributed by atoms with Gasteiger partial charge in [0.2, 0.25) is 0 Å². The van der Waals surface area contributed by atoms with Crippen LogP contribution in [0, 0.1) is 0 Å². The highest BCUT2D eigenvalue weighted by Gasteiger charge is 2.24. The second-order valence-electron chi connectivity index (χ2n) is 4.31. The quantitative estimate of drug-likeness (QED) is 0.829. The van der Waals surface area contributed by atoms with Gasteiger partial charge in [0.25, 0.3) is 0 Å². The summed E-state index contributed by atoms with van der Waals surface area (Å²) in [7, 11) is 0. The Labute approximate surface area is 99.8 Å². The molecule has 0 fully saturated rings. The average molecular weight is 229 g/mol. The number of nitrogens with zero attached hydrogens (tertiary/aromatic N) is 1. The molecule has 2 heterocycles. The van der Waals surface area contributed by atoms with Crippen LogP contribution in [0.2, 0.25) is 0 Å². The van der Waals surface area contributed by atoms with E-state index in [2.05, 4.69) is 16.0 Å². The van der Waals surface area contributed by atoms with E-state index in [-0.39, 0.29) is 6.10 Å². The molecule has 1 aromatic carbocycles. The summed E-state index contributed by atoms with van der Waals surface area (Å²) < 4.78 is 5.49. The molecule has 0 aliphatic carbocycles. The highest BCUT2D eigenvalue weighted by atomic mass is 16.5. The van der Waals surface area contributed by atoms with Crippen molar-refractivity contribution in [3.05, 3.63) is 41.2 Å². The minimum Gasteiger partial charge on any atom is -0.366 e. The molecule has 1 atom stereocenters. The maximum absolute atomic E-state index is 5.64. The first-order chi connectivity index (χ1) is 8.28. The molecule has 0 amide bonds. The Kier molecular flexibility index (Phi) is 2.46. The number of hydrogen-bond donors (Lipinski definition) is 2. The van der Waals surface area contributed by atoms with E-state index in [1.165, 1.54) is 0 Å². The van der Waals surface area contributed by atoms with Gasteiger partial charge in [0.15, 0.2) is 0 Å². The standard InChI is InChI=1S/C13H15N3O/c1-8-12-11(7-17-8)15-13(16-12)10-4-2-3-9(5-10)6-14/h2-5,8H,6-7,14H2,1H3,(H,15,16). The second-order valence-corrected chi connectivity index (χ2v) is 4.31. The van der Waals surface area contributed by atoms with Crippen LogP contribution in [0.3, 0.4) is 0 Å². The molecular weight excluding hydrogens is 214 g/mol. The monoisotopic (exact) mass is 229 g/mol. The molecule has 1 aromatic heterocycles. The lowest BCUT2D eigenvalue weighted by Crippen LogP contribution is -1.96. The van der Waals surface area contributed by atoms with Gasteiger partial charge in [-0.05, 0) is 18.6 Å². The number of nitrogens with two attached hydrogens (primary N) is 1. The van der Waals surface area contributed by atoms with Gasteiger partial charge in [-0.3, -0.25) is 0 Å². The molecule has 4 heteroatoms. The summed E-state index contributed by atoms with van der Waals surface area (Å²) in [4.78, 5) is 7.91. The number of fused-ring (bicyclic) bond motifs is 1. The molecule has 3 N–H and O–H groups in total. The summed E-state index contributed by atoms with van der Waals surface area (Å²) in [5.74, 6) is 0.903. The highest BCUT2D eigenvalue weighted by molar-refractivity contribution is 5.57. The molecule has 17 heavy (non-hydrogen) atoms. The predicted molar refractivity (Wildman–Crippen MR) is 65.1 cm³/mol. The van der Waals surface area contributed by atoms with Crippen molar-refractivity contribution in [2.75, 3.05) is 0 Å². The SMILES string of the molecule is CC1OCc2[nH]c(-c3cccc(CN)c3)nc21. The maximum Gasteiger partial charge on any atom is 0.138 e. The van der Waals surface area contributed by atoms with Crippen molar-refractivity contribution in [2.24, 2.45) is 5.73 Å². The van der Waals surface area contributed by atoms with Gasteiger partial charge in [0, 0.05) is 12.1 Å². The van der Waals surface area contributed by atoms with E-state index in [9.17, 15) is 0 Å². The highest BCUT2D eigenvalue weighted by Crippen LogP contribution is 2.30. The van der Waals surface area contributed by atoms with Gasteiger partial charge in [-0.1, -0.05) is 18.2 Å². The van der Waals surface area contributed by atoms with Crippen LogP contribution in [0.25, 0.3) is 11.4 Å². The molecule has 0 spiro atoms. The van der Waals surface area contributed by atoms with Crippen molar-refractivity contribution in [3.63, 3.8) is 0 Å².